The lowest BCUT2D eigenvalue weighted by Crippen LogP contribution is -2.59. The van der Waals surface area contributed by atoms with Gasteiger partial charge in [0.15, 0.2) is 0 Å². The second-order valence-electron chi connectivity index (χ2n) is 8.93. The smallest absolute Gasteiger partial charge is 0.326 e. The average Bonchev–Trinajstić information content (AvgIpc) is 3.28. The zero-order valence-electron chi connectivity index (χ0n) is 19.8. The van der Waals surface area contributed by atoms with E-state index < -0.39 is 35.9 Å². The summed E-state index contributed by atoms with van der Waals surface area (Å²) in [6.45, 7) is 8.57. The highest BCUT2D eigenvalue weighted by Gasteiger charge is 2.34. The number of carboxylic acids is 1. The molecule has 5 atom stereocenters. The Balaban J connectivity index is 2.87. The van der Waals surface area contributed by atoms with Crippen molar-refractivity contribution in [3.8, 4) is 0 Å². The Morgan fingerprint density at radius 2 is 1.69 bits per heavy atom. The summed E-state index contributed by atoms with van der Waals surface area (Å²) in [4.78, 5) is 50.1. The maximum atomic E-state index is 13.0. The molecule has 10 heteroatoms. The van der Waals surface area contributed by atoms with E-state index in [2.05, 4.69) is 21.3 Å². The predicted octanol–water partition coefficient (Wildman–Crippen LogP) is 0.109. The predicted molar refractivity (Wildman–Crippen MR) is 122 cm³/mol. The summed E-state index contributed by atoms with van der Waals surface area (Å²) in [5.41, 5.74) is 5.46. The lowest BCUT2D eigenvalue weighted by atomic mass is 9.95. The minimum atomic E-state index is -1.12. The molecule has 10 nitrogen and oxygen atoms in total. The highest BCUT2D eigenvalue weighted by Crippen LogP contribution is 2.12. The average molecular weight is 456 g/mol. The van der Waals surface area contributed by atoms with Gasteiger partial charge < -0.3 is 32.1 Å². The quantitative estimate of drug-likeness (QED) is 0.202. The summed E-state index contributed by atoms with van der Waals surface area (Å²) in [5.74, 6) is -2.77. The first-order chi connectivity index (χ1) is 15.1. The normalized spacial score (nSPS) is 19.6. The van der Waals surface area contributed by atoms with Gasteiger partial charge in [0.2, 0.25) is 17.7 Å². The molecule has 0 aromatic carbocycles. The second-order valence-corrected chi connectivity index (χ2v) is 8.93. The molecule has 184 valence electrons. The van der Waals surface area contributed by atoms with E-state index in [4.69, 9.17) is 5.73 Å². The number of rotatable bonds is 14. The third-order valence-corrected chi connectivity index (χ3v) is 5.98. The third kappa shape index (κ3) is 8.74. The van der Waals surface area contributed by atoms with Crippen LogP contribution in [-0.4, -0.2) is 66.1 Å². The highest BCUT2D eigenvalue weighted by molar-refractivity contribution is 5.94. The van der Waals surface area contributed by atoms with Crippen molar-refractivity contribution in [2.24, 2.45) is 17.6 Å². The molecule has 0 aliphatic carbocycles. The van der Waals surface area contributed by atoms with E-state index >= 15 is 0 Å². The van der Waals surface area contributed by atoms with Gasteiger partial charge in [0.25, 0.3) is 0 Å². The number of hydrogen-bond donors (Lipinski definition) is 6. The van der Waals surface area contributed by atoms with Gasteiger partial charge in [0, 0.05) is 0 Å². The van der Waals surface area contributed by atoms with Crippen molar-refractivity contribution < 1.29 is 24.3 Å². The summed E-state index contributed by atoms with van der Waals surface area (Å²) in [6.07, 6.45) is 3.73. The van der Waals surface area contributed by atoms with Gasteiger partial charge in [-0.25, -0.2) is 4.79 Å². The Labute approximate surface area is 190 Å². The number of amides is 3. The number of nitrogens with one attached hydrogen (secondary N) is 4. The molecule has 1 saturated heterocycles. The van der Waals surface area contributed by atoms with Gasteiger partial charge in [-0.3, -0.25) is 14.4 Å². The molecule has 5 unspecified atom stereocenters. The van der Waals surface area contributed by atoms with Crippen LogP contribution >= 0.6 is 0 Å². The van der Waals surface area contributed by atoms with Crippen molar-refractivity contribution in [1.29, 1.82) is 0 Å². The fraction of sp³-hybridized carbons (Fsp3) is 0.818. The SMILES string of the molecule is CCC(C)C(NC(=O)C(NC(=O)C1CCCN1)C(C)C)C(=O)NC(CCCCN)C(=O)O. The molecule has 0 aromatic rings. The molecule has 1 fully saturated rings. The van der Waals surface area contributed by atoms with Crippen LogP contribution < -0.4 is 27.0 Å². The van der Waals surface area contributed by atoms with Crippen LogP contribution in [0.4, 0.5) is 0 Å². The highest BCUT2D eigenvalue weighted by atomic mass is 16.4. The van der Waals surface area contributed by atoms with Gasteiger partial charge in [-0.05, 0) is 57.0 Å². The molecule has 0 bridgehead atoms. The van der Waals surface area contributed by atoms with Crippen molar-refractivity contribution in [1.82, 2.24) is 21.3 Å². The minimum Gasteiger partial charge on any atom is -0.480 e. The van der Waals surface area contributed by atoms with E-state index in [0.29, 0.717) is 25.8 Å². The Bertz CT molecular complexity index is 636. The molecule has 32 heavy (non-hydrogen) atoms. The van der Waals surface area contributed by atoms with E-state index in [-0.39, 0.29) is 30.2 Å². The number of carbonyl (C=O) groups excluding carboxylic acids is 3. The molecule has 0 aromatic heterocycles. The van der Waals surface area contributed by atoms with Gasteiger partial charge in [-0.1, -0.05) is 34.1 Å². The molecule has 0 radical (unpaired) electrons. The minimum absolute atomic E-state index is 0.191. The largest absolute Gasteiger partial charge is 0.480 e. The number of nitrogens with two attached hydrogens (primary N) is 1. The maximum Gasteiger partial charge on any atom is 0.326 e. The Kier molecular flexibility index (Phi) is 12.2. The fourth-order valence-electron chi connectivity index (χ4n) is 3.65. The van der Waals surface area contributed by atoms with Crippen molar-refractivity contribution >= 4 is 23.7 Å². The van der Waals surface area contributed by atoms with Gasteiger partial charge >= 0.3 is 5.97 Å². The van der Waals surface area contributed by atoms with Crippen molar-refractivity contribution in [2.75, 3.05) is 13.1 Å². The fourth-order valence-corrected chi connectivity index (χ4v) is 3.65. The summed E-state index contributed by atoms with van der Waals surface area (Å²) >= 11 is 0. The first-order valence-corrected chi connectivity index (χ1v) is 11.7. The molecule has 1 aliphatic heterocycles. The Morgan fingerprint density at radius 3 is 2.19 bits per heavy atom. The molecular formula is C22H41N5O5. The lowest BCUT2D eigenvalue weighted by Gasteiger charge is -2.29. The van der Waals surface area contributed by atoms with E-state index in [1.54, 1.807) is 0 Å². The molecule has 1 aliphatic rings. The molecule has 0 saturated carbocycles. The van der Waals surface area contributed by atoms with Crippen LogP contribution in [0, 0.1) is 11.8 Å². The van der Waals surface area contributed by atoms with Crippen LogP contribution in [0.5, 0.6) is 0 Å². The molecule has 7 N–H and O–H groups in total. The number of carboxylic acid groups (broad SMARTS) is 1. The molecule has 3 amide bonds. The van der Waals surface area contributed by atoms with Crippen molar-refractivity contribution in [2.45, 2.75) is 90.4 Å². The van der Waals surface area contributed by atoms with Crippen LogP contribution in [0.15, 0.2) is 0 Å². The zero-order valence-corrected chi connectivity index (χ0v) is 19.8. The Hall–Kier alpha value is -2.20. The first-order valence-electron chi connectivity index (χ1n) is 11.7. The molecule has 1 rings (SSSR count). The number of unbranched alkanes of at least 4 members (excludes halogenated alkanes) is 1. The number of aliphatic carboxylic acids is 1. The van der Waals surface area contributed by atoms with E-state index in [0.717, 1.165) is 19.4 Å². The second kappa shape index (κ2) is 14.1. The summed E-state index contributed by atoms with van der Waals surface area (Å²) < 4.78 is 0. The van der Waals surface area contributed by atoms with Crippen molar-refractivity contribution in [3.63, 3.8) is 0 Å². The number of hydrogen-bond acceptors (Lipinski definition) is 6. The van der Waals surface area contributed by atoms with E-state index in [1.807, 2.05) is 27.7 Å². The molecule has 1 heterocycles. The lowest BCUT2D eigenvalue weighted by molar-refractivity contribution is -0.143. The number of carbonyl (C=O) groups is 4. The van der Waals surface area contributed by atoms with Crippen molar-refractivity contribution in [3.05, 3.63) is 0 Å². The summed E-state index contributed by atoms with van der Waals surface area (Å²) in [5, 5.41) is 20.7. The van der Waals surface area contributed by atoms with Gasteiger partial charge in [-0.15, -0.1) is 0 Å². The standard InChI is InChI=1S/C22H41N5O5/c1-5-14(4)18(21(30)25-16(22(31)32)9-6-7-11-23)27-20(29)17(13(2)3)26-19(28)15-10-8-12-24-15/h13-18,24H,5-12,23H2,1-4H3,(H,25,30)(H,26,28)(H,27,29)(H,31,32). The van der Waals surface area contributed by atoms with Crippen LogP contribution in [0.3, 0.4) is 0 Å². The summed E-state index contributed by atoms with van der Waals surface area (Å²) in [7, 11) is 0. The third-order valence-electron chi connectivity index (χ3n) is 5.98. The molecular weight excluding hydrogens is 414 g/mol. The zero-order chi connectivity index (χ0) is 24.3. The van der Waals surface area contributed by atoms with E-state index in [9.17, 15) is 24.3 Å². The maximum absolute atomic E-state index is 13.0. The topological polar surface area (TPSA) is 163 Å². The van der Waals surface area contributed by atoms with Gasteiger partial charge in [0.05, 0.1) is 6.04 Å². The monoisotopic (exact) mass is 455 g/mol. The van der Waals surface area contributed by atoms with Gasteiger partial charge in [0.1, 0.15) is 18.1 Å². The Morgan fingerprint density at radius 1 is 1.03 bits per heavy atom. The van der Waals surface area contributed by atoms with Crippen LogP contribution in [0.1, 0.15) is 66.2 Å². The van der Waals surface area contributed by atoms with Crippen LogP contribution in [-0.2, 0) is 19.2 Å². The van der Waals surface area contributed by atoms with Crippen LogP contribution in [0.2, 0.25) is 0 Å². The molecule has 0 spiro atoms. The van der Waals surface area contributed by atoms with Crippen LogP contribution in [0.25, 0.3) is 0 Å². The van der Waals surface area contributed by atoms with Gasteiger partial charge in [-0.2, -0.15) is 0 Å². The van der Waals surface area contributed by atoms with E-state index in [1.165, 1.54) is 0 Å². The first kappa shape index (κ1) is 27.8. The summed E-state index contributed by atoms with van der Waals surface area (Å²) in [6, 6.07) is -3.08.